The lowest BCUT2D eigenvalue weighted by Crippen LogP contribution is -0.576. The Kier molecular flexibility index (Phi) is 84.8. The van der Waals surface area contributed by atoms with Crippen LogP contribution in [0.5, 0.6) is 0 Å². The molecule has 0 nitrogen and oxygen atoms in total. The second-order valence-corrected chi connectivity index (χ2v) is 0. The van der Waals surface area contributed by atoms with E-state index in [0.717, 1.165) is 0 Å². The number of hydrogen-bond acceptors (Lipinski definition) is 0. The molecule has 0 heteroatoms. The van der Waals surface area contributed by atoms with E-state index in [0.29, 0.717) is 0 Å². The Bertz CT molecular complexity index is 23.8. The van der Waals surface area contributed by atoms with Crippen LogP contribution in [0.3, 0.4) is 0 Å². The standard InChI is InChI=1S/C2H4.2C2H2/c3*1-2/h1-2H2;2*1-2H. The van der Waals surface area contributed by atoms with Gasteiger partial charge < -0.3 is 0 Å². The molecule has 0 saturated heterocycles. The van der Waals surface area contributed by atoms with Crippen molar-refractivity contribution < 1.29 is 0 Å². The molecule has 0 aromatic rings. The van der Waals surface area contributed by atoms with Gasteiger partial charge in [-0.3, -0.25) is 0 Å². The average Bonchev–Trinajstić information content (AvgIpc) is 1.81. The Labute approximate surface area is 39.9 Å². The molecular formula is C6H8. The van der Waals surface area contributed by atoms with Crippen molar-refractivity contribution in [2.45, 2.75) is 0 Å². The van der Waals surface area contributed by atoms with Gasteiger partial charge in [0.2, 0.25) is 0 Å². The first-order valence-corrected chi connectivity index (χ1v) is 1.17. The highest BCUT2D eigenvalue weighted by Gasteiger charge is 0.601. The highest BCUT2D eigenvalue weighted by molar-refractivity contribution is 4.47. The van der Waals surface area contributed by atoms with Crippen LogP contribution >= 0.6 is 0 Å². The smallest absolute Gasteiger partial charge is 0.106 e. The molecule has 0 N–H and O–H groups in total. The molecule has 0 unspecified atom stereocenters. The molecule has 0 spiro atoms. The zero-order chi connectivity index (χ0) is 6.00. The van der Waals surface area contributed by atoms with Gasteiger partial charge in [-0.1, -0.05) is 0 Å². The summed E-state index contributed by atoms with van der Waals surface area (Å²) in [6.45, 7) is 6.00. The van der Waals surface area contributed by atoms with E-state index in [1.807, 2.05) is 0 Å². The molecule has 0 aromatic heterocycles. The van der Waals surface area contributed by atoms with Crippen LogP contribution in [0, 0.1) is 25.7 Å². The molecule has 0 radical (unpaired) electrons. The predicted octanol–water partition coefficient (Wildman–Crippen LogP) is 1.30. The number of rotatable bonds is 0. The summed E-state index contributed by atoms with van der Waals surface area (Å²) in [5.74, 6) is 0. The molecule has 0 amide bonds. The fourth-order valence-electron chi connectivity index (χ4n) is 0. The lowest BCUT2D eigenvalue weighted by atomic mass is 11.3. The first kappa shape index (κ1) is 20.9. The minimum Gasteiger partial charge on any atom is -0.124 e. The minimum absolute atomic E-state index is 3.00. The van der Waals surface area contributed by atoms with Gasteiger partial charge in [-0.05, 0) is 0 Å². The zero-order valence-electron chi connectivity index (χ0n) is 3.72. The van der Waals surface area contributed by atoms with Gasteiger partial charge in [0, 0.05) is 0 Å². The van der Waals surface area contributed by atoms with E-state index in [2.05, 4.69) is 38.9 Å². The van der Waals surface area contributed by atoms with Crippen molar-refractivity contribution >= 4 is 0 Å². The first-order valence-electron chi connectivity index (χ1n) is 1.17. The maximum absolute atomic E-state index is 4.00. The highest BCUT2D eigenvalue weighted by Crippen LogP contribution is 0.862. The van der Waals surface area contributed by atoms with Gasteiger partial charge in [0.15, 0.2) is 0 Å². The summed E-state index contributed by atoms with van der Waals surface area (Å²) in [6.07, 6.45) is 16.0. The summed E-state index contributed by atoms with van der Waals surface area (Å²) < 4.78 is 0. The lowest BCUT2D eigenvalue weighted by molar-refractivity contribution is 2.81. The van der Waals surface area contributed by atoms with E-state index in [4.69, 9.17) is 0 Å². The van der Waals surface area contributed by atoms with E-state index >= 15 is 0 Å². The molecule has 0 aliphatic rings. The van der Waals surface area contributed by atoms with Gasteiger partial charge in [-0.15, -0.1) is 38.9 Å². The third kappa shape index (κ3) is 7.61. The minimum atomic E-state index is 3.00. The summed E-state index contributed by atoms with van der Waals surface area (Å²) in [6, 6.07) is 0. The van der Waals surface area contributed by atoms with Crippen molar-refractivity contribution in [3.05, 3.63) is 13.2 Å². The van der Waals surface area contributed by atoms with E-state index in [1.165, 1.54) is 0 Å². The van der Waals surface area contributed by atoms with Crippen LogP contribution in [-0.2, 0) is 0 Å². The molecule has 0 saturated carbocycles. The van der Waals surface area contributed by atoms with Gasteiger partial charge in [-0.2, -0.15) is 0 Å². The topological polar surface area (TPSA) is 0 Å². The van der Waals surface area contributed by atoms with Crippen LogP contribution in [0.15, 0.2) is 13.2 Å². The molecule has 0 aliphatic carbocycles. The Morgan fingerprint density at radius 3 is 0.667 bits per heavy atom. The van der Waals surface area contributed by atoms with Crippen LogP contribution < -0.4 is 0 Å². The van der Waals surface area contributed by atoms with Crippen LogP contribution in [0.1, 0.15) is 0 Å². The Morgan fingerprint density at radius 2 is 0.667 bits per heavy atom. The quantitative estimate of drug-likeness (QED) is 0.304. The van der Waals surface area contributed by atoms with E-state index < -0.39 is 0 Å². The van der Waals surface area contributed by atoms with Gasteiger partial charge in [0.25, 0.3) is 0 Å². The number of terminal acetylenes is 2. The second kappa shape index (κ2) is 24.3. The first-order chi connectivity index (χ1) is 3.00. The highest BCUT2D eigenvalue weighted by atomic mass is 12.7. The van der Waals surface area contributed by atoms with Gasteiger partial charge in [-0.25, -0.2) is 0 Å². The molecule has 0 fully saturated rings. The van der Waals surface area contributed by atoms with Crippen LogP contribution in [0.4, 0.5) is 0 Å². The van der Waals surface area contributed by atoms with Crippen molar-refractivity contribution in [2.24, 2.45) is 0 Å². The SMILES string of the molecule is C#C.C#C.C=C. The summed E-state index contributed by atoms with van der Waals surface area (Å²) in [5, 5.41) is 0. The normalized spacial score (nSPS) is 1.33. The van der Waals surface area contributed by atoms with Crippen molar-refractivity contribution in [3.8, 4) is 25.7 Å². The molecule has 6 heavy (non-hydrogen) atoms. The average molecular weight is 80.1 g/mol. The van der Waals surface area contributed by atoms with E-state index in [-0.39, 0.29) is 0 Å². The van der Waals surface area contributed by atoms with Crippen molar-refractivity contribution in [1.82, 2.24) is 0 Å². The van der Waals surface area contributed by atoms with Crippen molar-refractivity contribution in [1.29, 1.82) is 0 Å². The maximum atomic E-state index is 4.00. The molecule has 0 heterocycles. The summed E-state index contributed by atoms with van der Waals surface area (Å²) in [5.41, 5.74) is 0. The van der Waals surface area contributed by atoms with E-state index in [9.17, 15) is 0 Å². The van der Waals surface area contributed by atoms with E-state index in [1.54, 1.807) is 0 Å². The third-order valence-electron chi connectivity index (χ3n) is 0. The number of hydrogen-bond donors (Lipinski definition) is 0. The van der Waals surface area contributed by atoms with Crippen LogP contribution in [-0.4, -0.2) is 0 Å². The lowest BCUT2D eigenvalue weighted by Gasteiger charge is -0.813. The van der Waals surface area contributed by atoms with Crippen molar-refractivity contribution in [2.75, 3.05) is 0 Å². The molecule has 0 rings (SSSR count). The second-order valence-electron chi connectivity index (χ2n) is 0. The molecular weight excluding hydrogens is 72.1 g/mol. The predicted molar refractivity (Wildman–Crippen MR) is 31.0 cm³/mol. The van der Waals surface area contributed by atoms with Crippen LogP contribution in [0.2, 0.25) is 0 Å². The monoisotopic (exact) mass is 80.1 g/mol. The molecule has 32 valence electrons. The molecule has 0 aliphatic heterocycles. The molecule has 0 atom stereocenters. The summed E-state index contributed by atoms with van der Waals surface area (Å²) >= 11 is 0. The maximum Gasteiger partial charge on any atom is -0.106 e. The molecule has 0 bridgehead atoms. The van der Waals surface area contributed by atoms with Crippen molar-refractivity contribution in [3.63, 3.8) is 0 Å². The Morgan fingerprint density at radius 1 is 0.667 bits per heavy atom. The largest absolute Gasteiger partial charge is 0.124 e. The Balaban J connectivity index is -0.0000000225. The Hall–Kier alpha value is -1.14. The fraction of sp³-hybridized carbons (Fsp3) is 0. The van der Waals surface area contributed by atoms with Gasteiger partial charge >= 0.3 is 0 Å². The molecule has 0 aromatic carbocycles. The fourth-order valence-corrected chi connectivity index (χ4v) is 0. The summed E-state index contributed by atoms with van der Waals surface area (Å²) in [4.78, 5) is 0. The van der Waals surface area contributed by atoms with Gasteiger partial charge in [0.05, 0.1) is 0 Å². The van der Waals surface area contributed by atoms with Gasteiger partial charge in [0.1, 0.15) is 0 Å². The van der Waals surface area contributed by atoms with Crippen LogP contribution in [0.25, 0.3) is 0 Å². The zero-order valence-corrected chi connectivity index (χ0v) is 3.72. The third-order valence-corrected chi connectivity index (χ3v) is 0. The summed E-state index contributed by atoms with van der Waals surface area (Å²) in [7, 11) is 0.